The van der Waals surface area contributed by atoms with Crippen LogP contribution in [0, 0.1) is 5.82 Å². The molecule has 114 valence electrons. The predicted molar refractivity (Wildman–Crippen MR) is 78.3 cm³/mol. The molecule has 1 N–H and O–H groups in total. The van der Waals surface area contributed by atoms with Gasteiger partial charge in [-0.2, -0.15) is 0 Å². The van der Waals surface area contributed by atoms with Crippen molar-refractivity contribution in [1.29, 1.82) is 0 Å². The van der Waals surface area contributed by atoms with E-state index in [2.05, 4.69) is 5.32 Å². The van der Waals surface area contributed by atoms with Gasteiger partial charge in [0.25, 0.3) is 5.91 Å². The Hall–Kier alpha value is -2.54. The lowest BCUT2D eigenvalue weighted by atomic mass is 10.1. The molecule has 0 unspecified atom stereocenters. The molecule has 2 rings (SSSR count). The first-order valence-corrected chi connectivity index (χ1v) is 7.20. The van der Waals surface area contributed by atoms with E-state index in [1.807, 2.05) is 0 Å². The van der Waals surface area contributed by atoms with Gasteiger partial charge in [0.05, 0.1) is 4.88 Å². The molecule has 0 fully saturated rings. The van der Waals surface area contributed by atoms with Crippen LogP contribution in [0.15, 0.2) is 41.8 Å². The number of amides is 1. The molecule has 22 heavy (non-hydrogen) atoms. The number of rotatable bonds is 6. The quantitative estimate of drug-likeness (QED) is 0.653. The fourth-order valence-electron chi connectivity index (χ4n) is 1.59. The summed E-state index contributed by atoms with van der Waals surface area (Å²) in [6, 6.07) is 8.44. The van der Waals surface area contributed by atoms with E-state index < -0.39 is 24.2 Å². The molecule has 1 heterocycles. The standard InChI is InChI=1S/C15H12FNO4S/c16-11-4-1-3-10(7-11)12(18)9-21-14(19)8-17-15(20)13-5-2-6-22-13/h1-7H,8-9H2,(H,17,20). The molecule has 1 amide bonds. The lowest BCUT2D eigenvalue weighted by Gasteiger charge is -2.05. The predicted octanol–water partition coefficient (Wildman–Crippen LogP) is 2.04. The third-order valence-corrected chi connectivity index (χ3v) is 3.52. The minimum absolute atomic E-state index is 0.121. The lowest BCUT2D eigenvalue weighted by molar-refractivity contribution is -0.141. The normalized spacial score (nSPS) is 10.0. The molecule has 1 aromatic heterocycles. The zero-order valence-corrected chi connectivity index (χ0v) is 12.2. The summed E-state index contributed by atoms with van der Waals surface area (Å²) in [5.74, 6) is -2.18. The van der Waals surface area contributed by atoms with Crippen molar-refractivity contribution < 1.29 is 23.5 Å². The van der Waals surface area contributed by atoms with E-state index in [0.29, 0.717) is 4.88 Å². The fourth-order valence-corrected chi connectivity index (χ4v) is 2.23. The summed E-state index contributed by atoms with van der Waals surface area (Å²) in [7, 11) is 0. The van der Waals surface area contributed by atoms with Gasteiger partial charge in [-0.3, -0.25) is 14.4 Å². The highest BCUT2D eigenvalue weighted by atomic mass is 32.1. The number of nitrogens with one attached hydrogen (secondary N) is 1. The summed E-state index contributed by atoms with van der Waals surface area (Å²) in [6.45, 7) is -0.843. The molecule has 0 aliphatic carbocycles. The van der Waals surface area contributed by atoms with Gasteiger partial charge in [0.1, 0.15) is 12.4 Å². The van der Waals surface area contributed by atoms with E-state index in [0.717, 1.165) is 6.07 Å². The van der Waals surface area contributed by atoms with Gasteiger partial charge < -0.3 is 10.1 Å². The Labute approximate surface area is 129 Å². The molecular formula is C15H12FNO4S. The zero-order valence-electron chi connectivity index (χ0n) is 11.4. The number of ether oxygens (including phenoxy) is 1. The summed E-state index contributed by atoms with van der Waals surface area (Å²) >= 11 is 1.25. The van der Waals surface area contributed by atoms with E-state index in [4.69, 9.17) is 4.74 Å². The summed E-state index contributed by atoms with van der Waals surface area (Å²) < 4.78 is 17.7. The van der Waals surface area contributed by atoms with Crippen molar-refractivity contribution in [2.24, 2.45) is 0 Å². The maximum atomic E-state index is 13.0. The number of halogens is 1. The molecule has 2 aromatic rings. The molecule has 0 aliphatic heterocycles. The van der Waals surface area contributed by atoms with Crippen molar-refractivity contribution in [3.05, 3.63) is 58.0 Å². The Morgan fingerprint density at radius 1 is 1.18 bits per heavy atom. The highest BCUT2D eigenvalue weighted by Gasteiger charge is 2.12. The van der Waals surface area contributed by atoms with Crippen molar-refractivity contribution >= 4 is 29.0 Å². The molecule has 7 heteroatoms. The smallest absolute Gasteiger partial charge is 0.325 e. The molecule has 0 saturated heterocycles. The number of carbonyl (C=O) groups is 3. The topological polar surface area (TPSA) is 72.5 Å². The largest absolute Gasteiger partial charge is 0.456 e. The summed E-state index contributed by atoms with van der Waals surface area (Å²) in [4.78, 5) is 35.2. The first kappa shape index (κ1) is 15.8. The van der Waals surface area contributed by atoms with Crippen LogP contribution in [0.5, 0.6) is 0 Å². The molecule has 0 bridgehead atoms. The van der Waals surface area contributed by atoms with Crippen LogP contribution < -0.4 is 5.32 Å². The van der Waals surface area contributed by atoms with Crippen molar-refractivity contribution in [2.75, 3.05) is 13.2 Å². The van der Waals surface area contributed by atoms with E-state index in [-0.39, 0.29) is 18.0 Å². The minimum Gasteiger partial charge on any atom is -0.456 e. The second-order valence-corrected chi connectivity index (χ2v) is 5.20. The summed E-state index contributed by atoms with van der Waals surface area (Å²) in [5, 5.41) is 4.12. The van der Waals surface area contributed by atoms with Crippen LogP contribution >= 0.6 is 11.3 Å². The number of ketones is 1. The number of hydrogen-bond donors (Lipinski definition) is 1. The Balaban J connectivity index is 1.76. The highest BCUT2D eigenvalue weighted by molar-refractivity contribution is 7.12. The number of Topliss-reactive ketones (excluding diaryl/α,β-unsaturated/α-hetero) is 1. The monoisotopic (exact) mass is 321 g/mol. The van der Waals surface area contributed by atoms with Crippen LogP contribution in [0.1, 0.15) is 20.0 Å². The molecular weight excluding hydrogens is 309 g/mol. The Kier molecular flexibility index (Phi) is 5.37. The van der Waals surface area contributed by atoms with Gasteiger partial charge in [-0.1, -0.05) is 18.2 Å². The maximum absolute atomic E-state index is 13.0. The third kappa shape index (κ3) is 4.49. The third-order valence-electron chi connectivity index (χ3n) is 2.65. The Morgan fingerprint density at radius 2 is 2.00 bits per heavy atom. The molecule has 1 aromatic carbocycles. The number of carbonyl (C=O) groups excluding carboxylic acids is 3. The van der Waals surface area contributed by atoms with Crippen molar-refractivity contribution in [3.63, 3.8) is 0 Å². The zero-order chi connectivity index (χ0) is 15.9. The minimum atomic E-state index is -0.741. The van der Waals surface area contributed by atoms with Crippen LogP contribution in [0.3, 0.4) is 0 Å². The van der Waals surface area contributed by atoms with Crippen LogP contribution in [-0.2, 0) is 9.53 Å². The van der Waals surface area contributed by atoms with Crippen molar-refractivity contribution in [1.82, 2.24) is 5.32 Å². The fraction of sp³-hybridized carbons (Fsp3) is 0.133. The van der Waals surface area contributed by atoms with Crippen molar-refractivity contribution in [2.45, 2.75) is 0 Å². The van der Waals surface area contributed by atoms with Gasteiger partial charge in [0, 0.05) is 5.56 Å². The maximum Gasteiger partial charge on any atom is 0.325 e. The van der Waals surface area contributed by atoms with E-state index in [1.165, 1.54) is 29.5 Å². The van der Waals surface area contributed by atoms with Crippen LogP contribution in [0.2, 0.25) is 0 Å². The second kappa shape index (κ2) is 7.46. The lowest BCUT2D eigenvalue weighted by Crippen LogP contribution is -2.31. The number of thiophene rings is 1. The number of hydrogen-bond acceptors (Lipinski definition) is 5. The first-order valence-electron chi connectivity index (χ1n) is 6.32. The molecule has 0 radical (unpaired) electrons. The molecule has 5 nitrogen and oxygen atoms in total. The van der Waals surface area contributed by atoms with Crippen LogP contribution in [0.4, 0.5) is 4.39 Å². The van der Waals surface area contributed by atoms with Crippen LogP contribution in [0.25, 0.3) is 0 Å². The number of esters is 1. The Bertz CT molecular complexity index is 685. The molecule has 0 spiro atoms. The van der Waals surface area contributed by atoms with Gasteiger partial charge in [-0.15, -0.1) is 11.3 Å². The van der Waals surface area contributed by atoms with Crippen LogP contribution in [-0.4, -0.2) is 30.8 Å². The van der Waals surface area contributed by atoms with Crippen molar-refractivity contribution in [3.8, 4) is 0 Å². The van der Waals surface area contributed by atoms with Gasteiger partial charge in [0.15, 0.2) is 12.4 Å². The first-order chi connectivity index (χ1) is 10.6. The molecule has 0 saturated carbocycles. The molecule has 0 atom stereocenters. The SMILES string of the molecule is O=C(CNC(=O)c1cccs1)OCC(=O)c1cccc(F)c1. The Morgan fingerprint density at radius 3 is 2.68 bits per heavy atom. The highest BCUT2D eigenvalue weighted by Crippen LogP contribution is 2.07. The van der Waals surface area contributed by atoms with Gasteiger partial charge in [-0.25, -0.2) is 4.39 Å². The second-order valence-electron chi connectivity index (χ2n) is 4.25. The average molecular weight is 321 g/mol. The van der Waals surface area contributed by atoms with E-state index >= 15 is 0 Å². The van der Waals surface area contributed by atoms with Gasteiger partial charge >= 0.3 is 5.97 Å². The molecule has 0 aliphatic rings. The summed E-state index contributed by atoms with van der Waals surface area (Å²) in [5.41, 5.74) is 0.121. The summed E-state index contributed by atoms with van der Waals surface area (Å²) in [6.07, 6.45) is 0. The number of benzene rings is 1. The van der Waals surface area contributed by atoms with Gasteiger partial charge in [-0.05, 0) is 23.6 Å². The van der Waals surface area contributed by atoms with E-state index in [9.17, 15) is 18.8 Å². The average Bonchev–Trinajstić information content (AvgIpc) is 3.04. The van der Waals surface area contributed by atoms with Gasteiger partial charge in [0.2, 0.25) is 0 Å². The van der Waals surface area contributed by atoms with E-state index in [1.54, 1.807) is 17.5 Å².